The second kappa shape index (κ2) is 7.48. The van der Waals surface area contributed by atoms with Gasteiger partial charge in [0.2, 0.25) is 0 Å². The van der Waals surface area contributed by atoms with Gasteiger partial charge in [0, 0.05) is 12.1 Å². The molecule has 0 saturated carbocycles. The van der Waals surface area contributed by atoms with Crippen LogP contribution in [0.15, 0.2) is 35.0 Å². The van der Waals surface area contributed by atoms with E-state index in [-0.39, 0.29) is 0 Å². The smallest absolute Gasteiger partial charge is 0.161 e. The van der Waals surface area contributed by atoms with Crippen molar-refractivity contribution in [3.05, 3.63) is 46.2 Å². The molecule has 3 nitrogen and oxygen atoms in total. The fraction of sp³-hybridized carbons (Fsp3) is 0.412. The number of hydrogen-bond donors (Lipinski definition) is 1. The number of benzene rings is 1. The van der Waals surface area contributed by atoms with Gasteiger partial charge in [0.15, 0.2) is 11.5 Å². The van der Waals surface area contributed by atoms with E-state index < -0.39 is 0 Å². The zero-order valence-electron chi connectivity index (χ0n) is 13.1. The predicted octanol–water partition coefficient (Wildman–Crippen LogP) is 4.57. The van der Waals surface area contributed by atoms with Crippen LogP contribution < -0.4 is 14.8 Å². The zero-order chi connectivity index (χ0) is 15.2. The summed E-state index contributed by atoms with van der Waals surface area (Å²) in [6.45, 7) is 4.39. The summed E-state index contributed by atoms with van der Waals surface area (Å²) in [5, 5.41) is 7.99. The number of ether oxygens (including phenoxy) is 2. The van der Waals surface area contributed by atoms with Crippen LogP contribution >= 0.6 is 11.3 Å². The molecule has 2 aromatic rings. The van der Waals surface area contributed by atoms with Gasteiger partial charge in [0.25, 0.3) is 0 Å². The minimum Gasteiger partial charge on any atom is -0.493 e. The Labute approximate surface area is 130 Å². The van der Waals surface area contributed by atoms with E-state index in [0.29, 0.717) is 12.1 Å². The predicted molar refractivity (Wildman–Crippen MR) is 88.4 cm³/mol. The molecule has 1 N–H and O–H groups in total. The SMILES string of the molecule is CCC(NC(C)c1ccsc1)c1ccc(OC)c(OC)c1. The maximum absolute atomic E-state index is 5.40. The highest BCUT2D eigenvalue weighted by Gasteiger charge is 2.16. The Hall–Kier alpha value is -1.52. The molecule has 4 heteroatoms. The van der Waals surface area contributed by atoms with Crippen molar-refractivity contribution in [2.24, 2.45) is 0 Å². The first-order valence-electron chi connectivity index (χ1n) is 7.19. The lowest BCUT2D eigenvalue weighted by Crippen LogP contribution is -2.24. The van der Waals surface area contributed by atoms with Crippen LogP contribution in [0.4, 0.5) is 0 Å². The van der Waals surface area contributed by atoms with E-state index in [1.54, 1.807) is 25.6 Å². The molecule has 0 radical (unpaired) electrons. The highest BCUT2D eigenvalue weighted by Crippen LogP contribution is 2.32. The number of nitrogens with one attached hydrogen (secondary N) is 1. The normalized spacial score (nSPS) is 13.7. The first kappa shape index (κ1) is 15.9. The third-order valence-electron chi connectivity index (χ3n) is 3.71. The minimum atomic E-state index is 0.291. The molecule has 0 spiro atoms. The van der Waals surface area contributed by atoms with Crippen LogP contribution in [0, 0.1) is 0 Å². The van der Waals surface area contributed by atoms with Crippen molar-refractivity contribution in [2.75, 3.05) is 14.2 Å². The number of hydrogen-bond acceptors (Lipinski definition) is 4. The zero-order valence-corrected chi connectivity index (χ0v) is 13.9. The molecule has 0 bridgehead atoms. The van der Waals surface area contributed by atoms with Crippen LogP contribution in [0.1, 0.15) is 43.5 Å². The summed E-state index contributed by atoms with van der Waals surface area (Å²) < 4.78 is 10.7. The highest BCUT2D eigenvalue weighted by molar-refractivity contribution is 7.07. The quantitative estimate of drug-likeness (QED) is 0.813. The monoisotopic (exact) mass is 305 g/mol. The highest BCUT2D eigenvalue weighted by atomic mass is 32.1. The molecular weight excluding hydrogens is 282 g/mol. The summed E-state index contributed by atoms with van der Waals surface area (Å²) in [7, 11) is 3.33. The molecule has 0 aliphatic rings. The van der Waals surface area contributed by atoms with E-state index in [4.69, 9.17) is 9.47 Å². The van der Waals surface area contributed by atoms with Crippen LogP contribution in [0.25, 0.3) is 0 Å². The Kier molecular flexibility index (Phi) is 5.65. The molecule has 0 aliphatic heterocycles. The molecule has 2 atom stereocenters. The summed E-state index contributed by atoms with van der Waals surface area (Å²) in [5.74, 6) is 1.54. The summed E-state index contributed by atoms with van der Waals surface area (Å²) in [5.41, 5.74) is 2.55. The molecular formula is C17H23NO2S. The van der Waals surface area contributed by atoms with Crippen molar-refractivity contribution in [3.63, 3.8) is 0 Å². The first-order valence-corrected chi connectivity index (χ1v) is 8.14. The number of thiophene rings is 1. The molecule has 0 amide bonds. The van der Waals surface area contributed by atoms with Gasteiger partial charge in [-0.2, -0.15) is 11.3 Å². The average molecular weight is 305 g/mol. The lowest BCUT2D eigenvalue weighted by Gasteiger charge is -2.23. The number of methoxy groups -OCH3 is 2. The van der Waals surface area contributed by atoms with Gasteiger partial charge in [-0.05, 0) is 53.4 Å². The van der Waals surface area contributed by atoms with Crippen LogP contribution in [0.5, 0.6) is 11.5 Å². The van der Waals surface area contributed by atoms with E-state index >= 15 is 0 Å². The van der Waals surface area contributed by atoms with Gasteiger partial charge in [-0.15, -0.1) is 0 Å². The maximum atomic E-state index is 5.40. The summed E-state index contributed by atoms with van der Waals surface area (Å²) >= 11 is 1.73. The summed E-state index contributed by atoms with van der Waals surface area (Å²) in [4.78, 5) is 0. The van der Waals surface area contributed by atoms with Crippen LogP contribution in [0.3, 0.4) is 0 Å². The Balaban J connectivity index is 2.17. The fourth-order valence-electron chi connectivity index (χ4n) is 2.44. The first-order chi connectivity index (χ1) is 10.2. The van der Waals surface area contributed by atoms with Crippen molar-refractivity contribution in [2.45, 2.75) is 32.4 Å². The Morgan fingerprint density at radius 3 is 2.43 bits per heavy atom. The van der Waals surface area contributed by atoms with Gasteiger partial charge in [-0.1, -0.05) is 13.0 Å². The molecule has 1 aromatic heterocycles. The number of rotatable bonds is 7. The van der Waals surface area contributed by atoms with Gasteiger partial charge in [-0.3, -0.25) is 0 Å². The second-order valence-electron chi connectivity index (χ2n) is 5.02. The van der Waals surface area contributed by atoms with E-state index in [2.05, 4.69) is 48.1 Å². The van der Waals surface area contributed by atoms with E-state index in [1.807, 2.05) is 6.07 Å². The van der Waals surface area contributed by atoms with Crippen molar-refractivity contribution in [1.82, 2.24) is 5.32 Å². The average Bonchev–Trinajstić information content (AvgIpc) is 3.06. The van der Waals surface area contributed by atoms with Crippen LogP contribution in [-0.4, -0.2) is 14.2 Å². The van der Waals surface area contributed by atoms with E-state index in [0.717, 1.165) is 17.9 Å². The van der Waals surface area contributed by atoms with Gasteiger partial charge < -0.3 is 14.8 Å². The standard InChI is InChI=1S/C17H23NO2S/c1-5-15(18-12(2)14-8-9-21-11-14)13-6-7-16(19-3)17(10-13)20-4/h6-12,15,18H,5H2,1-4H3. The Morgan fingerprint density at radius 2 is 1.86 bits per heavy atom. The third-order valence-corrected chi connectivity index (χ3v) is 4.41. The molecule has 1 heterocycles. The van der Waals surface area contributed by atoms with Crippen molar-refractivity contribution >= 4 is 11.3 Å². The van der Waals surface area contributed by atoms with Gasteiger partial charge in [0.1, 0.15) is 0 Å². The third kappa shape index (κ3) is 3.77. The summed E-state index contributed by atoms with van der Waals surface area (Å²) in [6.07, 6.45) is 1.02. The van der Waals surface area contributed by atoms with Crippen molar-refractivity contribution in [1.29, 1.82) is 0 Å². The van der Waals surface area contributed by atoms with Crippen molar-refractivity contribution < 1.29 is 9.47 Å². The minimum absolute atomic E-state index is 0.291. The lowest BCUT2D eigenvalue weighted by atomic mass is 10.0. The van der Waals surface area contributed by atoms with Gasteiger partial charge >= 0.3 is 0 Å². The lowest BCUT2D eigenvalue weighted by molar-refractivity contribution is 0.353. The molecule has 2 rings (SSSR count). The van der Waals surface area contributed by atoms with Gasteiger partial charge in [-0.25, -0.2) is 0 Å². The largest absolute Gasteiger partial charge is 0.493 e. The van der Waals surface area contributed by atoms with E-state index in [9.17, 15) is 0 Å². The topological polar surface area (TPSA) is 30.5 Å². The summed E-state index contributed by atoms with van der Waals surface area (Å²) in [6, 6.07) is 8.91. The maximum Gasteiger partial charge on any atom is 0.161 e. The molecule has 0 saturated heterocycles. The van der Waals surface area contributed by atoms with Crippen molar-refractivity contribution in [3.8, 4) is 11.5 Å². The fourth-order valence-corrected chi connectivity index (χ4v) is 3.19. The van der Waals surface area contributed by atoms with Crippen LogP contribution in [0.2, 0.25) is 0 Å². The second-order valence-corrected chi connectivity index (χ2v) is 5.80. The molecule has 2 unspecified atom stereocenters. The molecule has 0 fully saturated rings. The molecule has 1 aromatic carbocycles. The van der Waals surface area contributed by atoms with Gasteiger partial charge in [0.05, 0.1) is 14.2 Å². The van der Waals surface area contributed by atoms with E-state index in [1.165, 1.54) is 11.1 Å². The molecule has 21 heavy (non-hydrogen) atoms. The molecule has 0 aliphatic carbocycles. The Morgan fingerprint density at radius 1 is 1.10 bits per heavy atom. The molecule has 114 valence electrons. The Bertz CT molecular complexity index is 554. The van der Waals surface area contributed by atoms with Crippen LogP contribution in [-0.2, 0) is 0 Å².